The van der Waals surface area contributed by atoms with Gasteiger partial charge in [0, 0.05) is 11.5 Å². The highest BCUT2D eigenvalue weighted by molar-refractivity contribution is 6.32. The third-order valence-electron chi connectivity index (χ3n) is 3.62. The first-order valence-corrected chi connectivity index (χ1v) is 7.80. The van der Waals surface area contributed by atoms with E-state index < -0.39 is 11.6 Å². The minimum Gasteiger partial charge on any atom is -0.488 e. The van der Waals surface area contributed by atoms with Gasteiger partial charge in [-0.25, -0.2) is 4.79 Å². The quantitative estimate of drug-likeness (QED) is 0.466. The average molecular weight is 351 g/mol. The second-order valence-electron chi connectivity index (χ2n) is 5.62. The van der Waals surface area contributed by atoms with E-state index in [0.29, 0.717) is 33.9 Å². The van der Waals surface area contributed by atoms with E-state index in [1.807, 2.05) is 19.9 Å². The standard InChI is InChI=1S/C18H19ClO5/c1-10(2)5-6-23-16-9-15-12(7-14(16)19)11(3)13(18(21)24-15)8-17(20)22-4/h5,7,9H,6,8H2,1-4H3. The van der Waals surface area contributed by atoms with Gasteiger partial charge in [0.05, 0.1) is 24.1 Å². The molecular weight excluding hydrogens is 332 g/mol. The Morgan fingerprint density at radius 2 is 2.04 bits per heavy atom. The number of carbonyl (C=O) groups excluding carboxylic acids is 1. The van der Waals surface area contributed by atoms with Gasteiger partial charge in [0.15, 0.2) is 0 Å². The Hall–Kier alpha value is -2.27. The van der Waals surface area contributed by atoms with Gasteiger partial charge < -0.3 is 13.9 Å². The Morgan fingerprint density at radius 3 is 2.67 bits per heavy atom. The van der Waals surface area contributed by atoms with Crippen LogP contribution >= 0.6 is 11.6 Å². The van der Waals surface area contributed by atoms with Crippen LogP contribution in [-0.2, 0) is 16.0 Å². The average Bonchev–Trinajstić information content (AvgIpc) is 2.52. The normalized spacial score (nSPS) is 10.5. The zero-order valence-electron chi connectivity index (χ0n) is 14.1. The van der Waals surface area contributed by atoms with Crippen molar-refractivity contribution in [2.24, 2.45) is 0 Å². The summed E-state index contributed by atoms with van der Waals surface area (Å²) in [5.74, 6) is -0.0672. The molecule has 1 heterocycles. The van der Waals surface area contributed by atoms with Gasteiger partial charge in [-0.15, -0.1) is 0 Å². The third kappa shape index (κ3) is 3.97. The molecule has 6 heteroatoms. The molecule has 0 aliphatic carbocycles. The molecule has 0 fully saturated rings. The number of fused-ring (bicyclic) bond motifs is 1. The Morgan fingerprint density at radius 1 is 1.33 bits per heavy atom. The number of carbonyl (C=O) groups is 1. The highest BCUT2D eigenvalue weighted by atomic mass is 35.5. The van der Waals surface area contributed by atoms with Crippen molar-refractivity contribution in [3.8, 4) is 5.75 Å². The maximum Gasteiger partial charge on any atom is 0.340 e. The van der Waals surface area contributed by atoms with Crippen LogP contribution in [0.1, 0.15) is 25.0 Å². The minimum absolute atomic E-state index is 0.142. The summed E-state index contributed by atoms with van der Waals surface area (Å²) in [6, 6.07) is 3.26. The molecule has 24 heavy (non-hydrogen) atoms. The number of ether oxygens (including phenoxy) is 2. The predicted molar refractivity (Wildman–Crippen MR) is 92.9 cm³/mol. The molecule has 0 saturated carbocycles. The second-order valence-corrected chi connectivity index (χ2v) is 6.02. The van der Waals surface area contributed by atoms with Crippen LogP contribution in [0.2, 0.25) is 5.02 Å². The number of benzene rings is 1. The predicted octanol–water partition coefficient (Wildman–Crippen LogP) is 3.82. The lowest BCUT2D eigenvalue weighted by molar-refractivity contribution is -0.139. The number of halogens is 1. The van der Waals surface area contributed by atoms with Crippen molar-refractivity contribution < 1.29 is 18.7 Å². The molecule has 1 aromatic carbocycles. The van der Waals surface area contributed by atoms with Crippen LogP contribution in [0.3, 0.4) is 0 Å². The van der Waals surface area contributed by atoms with E-state index in [-0.39, 0.29) is 12.0 Å². The molecule has 2 aromatic rings. The SMILES string of the molecule is COC(=O)Cc1c(C)c2cc(Cl)c(OCC=C(C)C)cc2oc1=O. The lowest BCUT2D eigenvalue weighted by Gasteiger charge is -2.11. The number of rotatable bonds is 5. The van der Waals surface area contributed by atoms with Crippen molar-refractivity contribution in [3.05, 3.63) is 50.4 Å². The molecule has 0 saturated heterocycles. The molecule has 0 aliphatic rings. The van der Waals surface area contributed by atoms with Gasteiger partial charge in [-0.3, -0.25) is 4.79 Å². The van der Waals surface area contributed by atoms with Crippen LogP contribution in [0.4, 0.5) is 0 Å². The molecule has 0 unspecified atom stereocenters. The smallest absolute Gasteiger partial charge is 0.340 e. The molecule has 5 nitrogen and oxygen atoms in total. The van der Waals surface area contributed by atoms with E-state index in [0.717, 1.165) is 5.57 Å². The molecule has 0 bridgehead atoms. The maximum absolute atomic E-state index is 12.1. The molecule has 2 rings (SSSR count). The number of hydrogen-bond acceptors (Lipinski definition) is 5. The first-order valence-electron chi connectivity index (χ1n) is 7.42. The zero-order chi connectivity index (χ0) is 17.9. The van der Waals surface area contributed by atoms with Crippen LogP contribution in [0.15, 0.2) is 33.0 Å². The van der Waals surface area contributed by atoms with Gasteiger partial charge in [0.2, 0.25) is 0 Å². The second kappa shape index (κ2) is 7.53. The Bertz CT molecular complexity index is 860. The summed E-state index contributed by atoms with van der Waals surface area (Å²) in [6.45, 7) is 6.06. The first kappa shape index (κ1) is 18.1. The number of esters is 1. The number of methoxy groups -OCH3 is 1. The minimum atomic E-state index is -0.567. The van der Waals surface area contributed by atoms with Crippen LogP contribution < -0.4 is 10.4 Å². The molecule has 0 N–H and O–H groups in total. The van der Waals surface area contributed by atoms with Crippen molar-refractivity contribution in [1.82, 2.24) is 0 Å². The van der Waals surface area contributed by atoms with Crippen molar-refractivity contribution in [2.45, 2.75) is 27.2 Å². The van der Waals surface area contributed by atoms with Crippen LogP contribution in [-0.4, -0.2) is 19.7 Å². The largest absolute Gasteiger partial charge is 0.488 e. The van der Waals surface area contributed by atoms with Crippen molar-refractivity contribution >= 4 is 28.5 Å². The first-order chi connectivity index (χ1) is 11.3. The summed E-state index contributed by atoms with van der Waals surface area (Å²) >= 11 is 6.26. The topological polar surface area (TPSA) is 65.7 Å². The van der Waals surface area contributed by atoms with Gasteiger partial charge in [-0.2, -0.15) is 0 Å². The summed E-state index contributed by atoms with van der Waals surface area (Å²) < 4.78 is 15.5. The van der Waals surface area contributed by atoms with Gasteiger partial charge in [0.25, 0.3) is 0 Å². The summed E-state index contributed by atoms with van der Waals surface area (Å²) in [5, 5.41) is 1.07. The van der Waals surface area contributed by atoms with Gasteiger partial charge in [-0.05, 0) is 38.5 Å². The lowest BCUT2D eigenvalue weighted by Crippen LogP contribution is -2.16. The van der Waals surface area contributed by atoms with E-state index in [4.69, 9.17) is 20.8 Å². The zero-order valence-corrected chi connectivity index (χ0v) is 14.8. The third-order valence-corrected chi connectivity index (χ3v) is 3.91. The highest BCUT2D eigenvalue weighted by Crippen LogP contribution is 2.32. The van der Waals surface area contributed by atoms with Gasteiger partial charge in [0.1, 0.15) is 17.9 Å². The van der Waals surface area contributed by atoms with Crippen LogP contribution in [0.5, 0.6) is 5.75 Å². The molecule has 0 amide bonds. The van der Waals surface area contributed by atoms with Crippen molar-refractivity contribution in [2.75, 3.05) is 13.7 Å². The fourth-order valence-electron chi connectivity index (χ4n) is 2.22. The molecule has 0 aliphatic heterocycles. The van der Waals surface area contributed by atoms with E-state index in [1.54, 1.807) is 19.1 Å². The Balaban J connectivity index is 2.48. The summed E-state index contributed by atoms with van der Waals surface area (Å²) in [5.41, 5.74) is 1.83. The summed E-state index contributed by atoms with van der Waals surface area (Å²) in [7, 11) is 1.27. The molecule has 0 atom stereocenters. The molecule has 0 radical (unpaired) electrons. The number of hydrogen-bond donors (Lipinski definition) is 0. The fourth-order valence-corrected chi connectivity index (χ4v) is 2.44. The van der Waals surface area contributed by atoms with Crippen LogP contribution in [0.25, 0.3) is 11.0 Å². The van der Waals surface area contributed by atoms with Gasteiger partial charge >= 0.3 is 11.6 Å². The van der Waals surface area contributed by atoms with Crippen molar-refractivity contribution in [3.63, 3.8) is 0 Å². The maximum atomic E-state index is 12.1. The summed E-state index contributed by atoms with van der Waals surface area (Å²) in [4.78, 5) is 23.6. The highest BCUT2D eigenvalue weighted by Gasteiger charge is 2.17. The van der Waals surface area contributed by atoms with E-state index >= 15 is 0 Å². The molecule has 128 valence electrons. The molecular formula is C18H19ClO5. The van der Waals surface area contributed by atoms with Crippen molar-refractivity contribution in [1.29, 1.82) is 0 Å². The Kier molecular flexibility index (Phi) is 5.67. The molecule has 1 aromatic heterocycles. The number of aryl methyl sites for hydroxylation is 1. The lowest BCUT2D eigenvalue weighted by atomic mass is 10.0. The van der Waals surface area contributed by atoms with Gasteiger partial charge in [-0.1, -0.05) is 17.2 Å². The van der Waals surface area contributed by atoms with E-state index in [2.05, 4.69) is 4.74 Å². The van der Waals surface area contributed by atoms with E-state index in [1.165, 1.54) is 7.11 Å². The molecule has 0 spiro atoms. The fraction of sp³-hybridized carbons (Fsp3) is 0.333. The number of allylic oxidation sites excluding steroid dienone is 1. The summed E-state index contributed by atoms with van der Waals surface area (Å²) in [6.07, 6.45) is 1.78. The monoisotopic (exact) mass is 350 g/mol. The van der Waals surface area contributed by atoms with E-state index in [9.17, 15) is 9.59 Å². The van der Waals surface area contributed by atoms with Crippen LogP contribution in [0, 0.1) is 6.92 Å². The Labute approximate surface area is 144 Å².